The molecule has 62 heavy (non-hydrogen) atoms. The van der Waals surface area contributed by atoms with E-state index in [1.807, 2.05) is 0 Å². The Morgan fingerprint density at radius 3 is 1.37 bits per heavy atom. The van der Waals surface area contributed by atoms with Gasteiger partial charge in [-0.25, -0.2) is 4.57 Å². The number of hydrogen-bond donors (Lipinski definition) is 6. The number of phosphoric ester groups is 1. The minimum Gasteiger partial charge on any atom is -0.462 e. The van der Waals surface area contributed by atoms with E-state index in [1.54, 1.807) is 0 Å². The third kappa shape index (κ3) is 30.5. The average Bonchev–Trinajstić information content (AvgIpc) is 3.25. The monoisotopic (exact) mass is 905 g/mol. The molecule has 1 aliphatic rings. The Kier molecular flexibility index (Phi) is 36.3. The van der Waals surface area contributed by atoms with Gasteiger partial charge in [-0.3, -0.25) is 18.6 Å². The largest absolute Gasteiger partial charge is 0.472 e. The maximum atomic E-state index is 12.8. The predicted molar refractivity (Wildman–Crippen MR) is 244 cm³/mol. The van der Waals surface area contributed by atoms with Crippen LogP contribution in [0.25, 0.3) is 0 Å². The van der Waals surface area contributed by atoms with Gasteiger partial charge in [-0.1, -0.05) is 186 Å². The van der Waals surface area contributed by atoms with Crippen LogP contribution in [0.15, 0.2) is 24.3 Å². The fourth-order valence-electron chi connectivity index (χ4n) is 7.56. The lowest BCUT2D eigenvalue weighted by atomic mass is 9.85. The van der Waals surface area contributed by atoms with Crippen LogP contribution in [0.1, 0.15) is 213 Å². The van der Waals surface area contributed by atoms with Gasteiger partial charge in [-0.15, -0.1) is 0 Å². The topological polar surface area (TPSA) is 210 Å². The van der Waals surface area contributed by atoms with Crippen LogP contribution in [-0.4, -0.2) is 98.3 Å². The molecule has 0 radical (unpaired) electrons. The lowest BCUT2D eigenvalue weighted by Crippen LogP contribution is -2.64. The van der Waals surface area contributed by atoms with Crippen molar-refractivity contribution < 1.29 is 63.1 Å². The number of carbonyl (C=O) groups is 2. The normalized spacial score (nSPS) is 22.0. The number of carbonyl (C=O) groups excluding carboxylic acids is 2. The molecule has 364 valence electrons. The molecule has 1 rings (SSSR count). The molecule has 0 aromatic carbocycles. The minimum atomic E-state index is -5.12. The summed E-state index contributed by atoms with van der Waals surface area (Å²) in [6, 6.07) is 0. The molecular formula is C48H89O13P. The molecule has 0 heterocycles. The molecule has 6 atom stereocenters. The smallest absolute Gasteiger partial charge is 0.462 e. The third-order valence-corrected chi connectivity index (χ3v) is 12.5. The summed E-state index contributed by atoms with van der Waals surface area (Å²) in [5, 5.41) is 50.2. The molecule has 6 N–H and O–H groups in total. The minimum absolute atomic E-state index is 0.0830. The van der Waals surface area contributed by atoms with Crippen molar-refractivity contribution in [3.63, 3.8) is 0 Å². The first-order valence-electron chi connectivity index (χ1n) is 24.6. The van der Waals surface area contributed by atoms with E-state index >= 15 is 0 Å². The molecule has 0 aromatic rings. The van der Waals surface area contributed by atoms with Crippen LogP contribution in [0.5, 0.6) is 0 Å². The standard InChI is InChI=1S/C48H89O13P/c1-3-5-7-9-11-13-15-17-18-19-20-21-22-23-25-26-28-30-32-34-36-41(49)58-38-40(39-59-62(56,57)61-48-46(54)44(52)43(51)45(53)47(48)55)60-42(50)37-35-33-31-29-27-24-16-14-12-10-8-6-4-2/h8,10,14,16,40,43-48,51-55H,3-7,9,11-13,15,17-39H2,1-2H3,(H,56,57)/b10-8-,16-14-. The number of hydrogen-bond acceptors (Lipinski definition) is 12. The second-order valence-electron chi connectivity index (χ2n) is 17.3. The number of esters is 2. The number of aliphatic hydroxyl groups is 5. The Balaban J connectivity index is 2.38. The molecule has 1 aliphatic carbocycles. The van der Waals surface area contributed by atoms with E-state index in [-0.39, 0.29) is 12.8 Å². The summed E-state index contributed by atoms with van der Waals surface area (Å²) in [5.41, 5.74) is 0. The van der Waals surface area contributed by atoms with Gasteiger partial charge in [0.1, 0.15) is 43.2 Å². The van der Waals surface area contributed by atoms with Gasteiger partial charge in [-0.2, -0.15) is 0 Å². The number of unbranched alkanes of at least 4 members (excludes halogenated alkanes) is 25. The molecule has 1 saturated carbocycles. The number of allylic oxidation sites excluding steroid dienone is 4. The van der Waals surface area contributed by atoms with Gasteiger partial charge in [0.25, 0.3) is 0 Å². The van der Waals surface area contributed by atoms with E-state index in [9.17, 15) is 44.6 Å². The first-order chi connectivity index (χ1) is 29.9. The van der Waals surface area contributed by atoms with Crippen molar-refractivity contribution in [2.24, 2.45) is 0 Å². The van der Waals surface area contributed by atoms with Crippen molar-refractivity contribution in [3.05, 3.63) is 24.3 Å². The van der Waals surface area contributed by atoms with Gasteiger partial charge in [0.2, 0.25) is 0 Å². The lowest BCUT2D eigenvalue weighted by Gasteiger charge is -2.41. The predicted octanol–water partition coefficient (Wildman–Crippen LogP) is 10.0. The highest BCUT2D eigenvalue weighted by molar-refractivity contribution is 7.47. The summed E-state index contributed by atoms with van der Waals surface area (Å²) in [6.07, 6.45) is 29.5. The average molecular weight is 905 g/mol. The molecule has 13 nitrogen and oxygen atoms in total. The zero-order valence-corrected chi connectivity index (χ0v) is 39.6. The van der Waals surface area contributed by atoms with Gasteiger partial charge in [0.15, 0.2) is 6.10 Å². The van der Waals surface area contributed by atoms with E-state index in [0.29, 0.717) is 12.8 Å². The molecule has 1 fully saturated rings. The van der Waals surface area contributed by atoms with Crippen LogP contribution in [0.3, 0.4) is 0 Å². The zero-order chi connectivity index (χ0) is 45.7. The number of ether oxygens (including phenoxy) is 2. The van der Waals surface area contributed by atoms with Gasteiger partial charge in [0, 0.05) is 12.8 Å². The highest BCUT2D eigenvalue weighted by Crippen LogP contribution is 2.47. The molecule has 0 amide bonds. The molecule has 14 heteroatoms. The third-order valence-electron chi connectivity index (χ3n) is 11.5. The second kappa shape index (κ2) is 38.6. The van der Waals surface area contributed by atoms with Crippen molar-refractivity contribution in [2.45, 2.75) is 256 Å². The highest BCUT2D eigenvalue weighted by Gasteiger charge is 2.51. The SMILES string of the molecule is CCC/C=C\C/C=C\CCCCCCCC(=O)OC(COC(=O)CCCCCCCCCCCCCCCCCCCCCC)COP(=O)(O)OC1C(O)C(O)C(O)C(O)C1O. The fourth-order valence-corrected chi connectivity index (χ4v) is 8.53. The van der Waals surface area contributed by atoms with Crippen LogP contribution in [-0.2, 0) is 32.7 Å². The fraction of sp³-hybridized carbons (Fsp3) is 0.875. The molecule has 0 aliphatic heterocycles. The maximum absolute atomic E-state index is 12.8. The van der Waals surface area contributed by atoms with Gasteiger partial charge in [-0.05, 0) is 38.5 Å². The molecule has 0 spiro atoms. The van der Waals surface area contributed by atoms with E-state index in [1.165, 1.54) is 103 Å². The van der Waals surface area contributed by atoms with Gasteiger partial charge >= 0.3 is 19.8 Å². The Labute approximate surface area is 375 Å². The first kappa shape index (κ1) is 58.3. The van der Waals surface area contributed by atoms with Crippen LogP contribution >= 0.6 is 7.82 Å². The summed E-state index contributed by atoms with van der Waals surface area (Å²) in [6.45, 7) is 3.24. The molecule has 0 saturated heterocycles. The quantitative estimate of drug-likeness (QED) is 0.0146. The zero-order valence-electron chi connectivity index (χ0n) is 38.7. The lowest BCUT2D eigenvalue weighted by molar-refractivity contribution is -0.220. The maximum Gasteiger partial charge on any atom is 0.472 e. The van der Waals surface area contributed by atoms with Crippen LogP contribution < -0.4 is 0 Å². The van der Waals surface area contributed by atoms with Gasteiger partial charge < -0.3 is 39.9 Å². The Bertz CT molecular complexity index is 1180. The summed E-state index contributed by atoms with van der Waals surface area (Å²) < 4.78 is 33.6. The van der Waals surface area contributed by atoms with Crippen LogP contribution in [0.2, 0.25) is 0 Å². The Hall–Kier alpha value is -1.67. The molecule has 0 aromatic heterocycles. The molecule has 6 unspecified atom stereocenters. The molecule has 0 bridgehead atoms. The van der Waals surface area contributed by atoms with Crippen molar-refractivity contribution in [2.75, 3.05) is 13.2 Å². The first-order valence-corrected chi connectivity index (χ1v) is 26.1. The summed E-state index contributed by atoms with van der Waals surface area (Å²) in [7, 11) is -5.12. The van der Waals surface area contributed by atoms with E-state index in [0.717, 1.165) is 70.6 Å². The summed E-state index contributed by atoms with van der Waals surface area (Å²) in [5.74, 6) is -1.11. The second-order valence-corrected chi connectivity index (χ2v) is 18.7. The summed E-state index contributed by atoms with van der Waals surface area (Å²) >= 11 is 0. The number of aliphatic hydroxyl groups excluding tert-OH is 5. The van der Waals surface area contributed by atoms with E-state index in [4.69, 9.17) is 18.5 Å². The van der Waals surface area contributed by atoms with E-state index in [2.05, 4.69) is 38.2 Å². The Morgan fingerprint density at radius 1 is 0.500 bits per heavy atom. The van der Waals surface area contributed by atoms with Crippen molar-refractivity contribution >= 4 is 19.8 Å². The number of rotatable bonds is 41. The molecular weight excluding hydrogens is 815 g/mol. The van der Waals surface area contributed by atoms with Crippen LogP contribution in [0.4, 0.5) is 0 Å². The Morgan fingerprint density at radius 2 is 0.903 bits per heavy atom. The van der Waals surface area contributed by atoms with Crippen molar-refractivity contribution in [1.82, 2.24) is 0 Å². The van der Waals surface area contributed by atoms with Crippen LogP contribution in [0, 0.1) is 0 Å². The summed E-state index contributed by atoms with van der Waals surface area (Å²) in [4.78, 5) is 35.7. The highest BCUT2D eigenvalue weighted by atomic mass is 31.2. The van der Waals surface area contributed by atoms with Crippen molar-refractivity contribution in [3.8, 4) is 0 Å². The van der Waals surface area contributed by atoms with E-state index < -0.39 is 75.7 Å². The van der Waals surface area contributed by atoms with Crippen molar-refractivity contribution in [1.29, 1.82) is 0 Å². The number of phosphoric acid groups is 1. The van der Waals surface area contributed by atoms with Gasteiger partial charge in [0.05, 0.1) is 6.61 Å².